The van der Waals surface area contributed by atoms with E-state index in [0.717, 1.165) is 0 Å². The van der Waals surface area contributed by atoms with Gasteiger partial charge in [0.15, 0.2) is 13.2 Å². The van der Waals surface area contributed by atoms with E-state index in [-0.39, 0.29) is 0 Å². The molecule has 0 aliphatic rings. The van der Waals surface area contributed by atoms with Crippen molar-refractivity contribution in [3.8, 4) is 0 Å². The van der Waals surface area contributed by atoms with Crippen molar-refractivity contribution in [3.05, 3.63) is 24.3 Å². The van der Waals surface area contributed by atoms with Gasteiger partial charge >= 0.3 is 0 Å². The van der Waals surface area contributed by atoms with Crippen LogP contribution in [-0.4, -0.2) is 0 Å². The third-order valence-corrected chi connectivity index (χ3v) is 11.3. The summed E-state index contributed by atoms with van der Waals surface area (Å²) in [5.41, 5.74) is 0. The molecule has 0 radical (unpaired) electrons. The Balaban J connectivity index is 3.43. The van der Waals surface area contributed by atoms with Crippen LogP contribution >= 0.6 is 13.2 Å². The van der Waals surface area contributed by atoms with Crippen LogP contribution in [0.1, 0.15) is 0 Å². The van der Waals surface area contributed by atoms with Gasteiger partial charge in [-0.15, -0.1) is 0 Å². The summed E-state index contributed by atoms with van der Waals surface area (Å²) in [6.45, 7) is -3.44. The second-order valence-corrected chi connectivity index (χ2v) is 17.8. The molecule has 1 aromatic carbocycles. The predicted octanol–water partition coefficient (Wildman–Crippen LogP) is 1.51. The summed E-state index contributed by atoms with van der Waals surface area (Å²) in [5.74, 6) is 0. The molecule has 0 aromatic heterocycles. The predicted molar refractivity (Wildman–Crippen MR) is 85.1 cm³/mol. The van der Waals surface area contributed by atoms with Crippen LogP contribution < -0.4 is 10.6 Å². The summed E-state index contributed by atoms with van der Waals surface area (Å²) in [6, 6.07) is 6.49. The molecule has 10 heteroatoms. The second kappa shape index (κ2) is 6.61. The lowest BCUT2D eigenvalue weighted by Crippen LogP contribution is -1.99. The first-order chi connectivity index (χ1) is 7.43. The molecule has 2 nitrogen and oxygen atoms in total. The molecule has 0 N–H and O–H groups in total. The first-order valence-corrected chi connectivity index (χ1v) is 13.5. The third-order valence-electron chi connectivity index (χ3n) is 1.54. The Morgan fingerprint density at radius 1 is 0.750 bits per heavy atom. The highest BCUT2D eigenvalue weighted by molar-refractivity contribution is 8.57. The van der Waals surface area contributed by atoms with E-state index >= 15 is 0 Å². The molecule has 0 aliphatic carbocycles. The van der Waals surface area contributed by atoms with E-state index in [1.165, 1.54) is 0 Å². The maximum atomic E-state index is 11.6. The standard InChI is InChI=1S/C6H4O2P2S6/c7-9(15(11)12)5-1-2-6(4-3-5)10(8)16(13)14/h1-4H. The van der Waals surface area contributed by atoms with Gasteiger partial charge in [0.2, 0.25) is 0 Å². The van der Waals surface area contributed by atoms with Crippen molar-refractivity contribution < 1.29 is 9.13 Å². The second-order valence-electron chi connectivity index (χ2n) is 2.46. The van der Waals surface area contributed by atoms with Crippen LogP contribution in [0.2, 0.25) is 0 Å². The highest BCUT2D eigenvalue weighted by atomic mass is 33.2. The molecule has 86 valence electrons. The molecular weight excluding hydrogens is 358 g/mol. The first kappa shape index (κ1) is 14.8. The Morgan fingerprint density at radius 3 is 1.19 bits per heavy atom. The SMILES string of the molecule is O=P(c1ccc(P(=O)=S(=S)=S)cc1)=S(=S)=S. The van der Waals surface area contributed by atoms with Gasteiger partial charge in [0, 0.05) is 10.6 Å². The molecule has 0 saturated heterocycles. The highest BCUT2D eigenvalue weighted by Crippen LogP contribution is 2.10. The number of benzene rings is 1. The fourth-order valence-corrected chi connectivity index (χ4v) is 6.86. The first-order valence-electron chi connectivity index (χ1n) is 3.67. The van der Waals surface area contributed by atoms with Crippen LogP contribution in [0.15, 0.2) is 24.3 Å². The summed E-state index contributed by atoms with van der Waals surface area (Å²) in [6.07, 6.45) is 0. The zero-order chi connectivity index (χ0) is 12.3. The molecule has 1 aromatic rings. The average molecular weight is 362 g/mol. The van der Waals surface area contributed by atoms with E-state index in [4.69, 9.17) is 44.8 Å². The molecule has 0 saturated carbocycles. The van der Waals surface area contributed by atoms with E-state index in [1.807, 2.05) is 0 Å². The fourth-order valence-electron chi connectivity index (χ4n) is 0.868. The molecular formula is C6H4O2P2S6. The van der Waals surface area contributed by atoms with Crippen molar-refractivity contribution in [1.29, 1.82) is 0 Å². The zero-order valence-corrected chi connectivity index (χ0v) is 14.2. The highest BCUT2D eigenvalue weighted by Gasteiger charge is 1.98. The number of hydrogen-bond donors (Lipinski definition) is 0. The summed E-state index contributed by atoms with van der Waals surface area (Å²) in [5, 5.41) is 1.17. The number of rotatable bonds is 2. The van der Waals surface area contributed by atoms with Gasteiger partial charge in [0.1, 0.15) is 0 Å². The summed E-state index contributed by atoms with van der Waals surface area (Å²) < 4.78 is 23.2. The van der Waals surface area contributed by atoms with Gasteiger partial charge in [-0.3, -0.25) is 9.13 Å². The Hall–Kier alpha value is 0.740. The van der Waals surface area contributed by atoms with Crippen molar-refractivity contribution in [2.45, 2.75) is 0 Å². The Morgan fingerprint density at radius 2 is 1.00 bits per heavy atom. The van der Waals surface area contributed by atoms with Gasteiger partial charge in [-0.2, -0.15) is 0 Å². The summed E-state index contributed by atoms with van der Waals surface area (Å²) in [4.78, 5) is 0. The minimum absolute atomic E-state index is 0.587. The smallest absolute Gasteiger partial charge is 0.198 e. The lowest BCUT2D eigenvalue weighted by molar-refractivity contribution is 0.601. The van der Waals surface area contributed by atoms with E-state index in [9.17, 15) is 9.13 Å². The molecule has 0 bridgehead atoms. The molecule has 1 rings (SSSR count). The zero-order valence-electron chi connectivity index (χ0n) is 7.47. The Labute approximate surface area is 115 Å². The van der Waals surface area contributed by atoms with E-state index in [2.05, 4.69) is 0 Å². The van der Waals surface area contributed by atoms with Crippen LogP contribution in [0.25, 0.3) is 0 Å². The molecule has 0 aliphatic heterocycles. The monoisotopic (exact) mass is 362 g/mol. The minimum atomic E-state index is -1.72. The van der Waals surface area contributed by atoms with Gasteiger partial charge in [0.25, 0.3) is 0 Å². The molecule has 0 fully saturated rings. The van der Waals surface area contributed by atoms with Crippen LogP contribution in [-0.2, 0) is 68.3 Å². The van der Waals surface area contributed by atoms with Crippen molar-refractivity contribution in [2.24, 2.45) is 0 Å². The van der Waals surface area contributed by atoms with Crippen LogP contribution in [0.3, 0.4) is 0 Å². The van der Waals surface area contributed by atoms with Crippen LogP contribution in [0.4, 0.5) is 0 Å². The van der Waals surface area contributed by atoms with Gasteiger partial charge in [-0.05, 0) is 83.4 Å². The Kier molecular flexibility index (Phi) is 6.12. The lowest BCUT2D eigenvalue weighted by atomic mass is 10.4. The maximum absolute atomic E-state index is 11.6. The van der Waals surface area contributed by atoms with Gasteiger partial charge in [-0.1, -0.05) is 0 Å². The van der Waals surface area contributed by atoms with Gasteiger partial charge in [-0.25, -0.2) is 0 Å². The molecule has 0 heterocycles. The maximum Gasteiger partial charge on any atom is 0.198 e. The van der Waals surface area contributed by atoms with Crippen molar-refractivity contribution >= 4 is 82.9 Å². The molecule has 0 spiro atoms. The summed E-state index contributed by atoms with van der Waals surface area (Å²) in [7, 11) is -1.95. The van der Waals surface area contributed by atoms with Crippen molar-refractivity contribution in [3.63, 3.8) is 0 Å². The fraction of sp³-hybridized carbons (Fsp3) is 0. The van der Waals surface area contributed by atoms with E-state index in [0.29, 0.717) is 10.6 Å². The Bertz CT molecular complexity index is 689. The quantitative estimate of drug-likeness (QED) is 0.742. The summed E-state index contributed by atoms with van der Waals surface area (Å²) >= 11 is 19.1. The molecule has 2 unspecified atom stereocenters. The lowest BCUT2D eigenvalue weighted by Gasteiger charge is -1.91. The molecule has 2 atom stereocenters. The minimum Gasteiger partial charge on any atom is -0.265 e. The van der Waals surface area contributed by atoms with Crippen molar-refractivity contribution in [1.82, 2.24) is 0 Å². The van der Waals surface area contributed by atoms with E-state index < -0.39 is 27.5 Å². The van der Waals surface area contributed by atoms with E-state index in [1.54, 1.807) is 24.3 Å². The van der Waals surface area contributed by atoms with Crippen molar-refractivity contribution in [2.75, 3.05) is 0 Å². The van der Waals surface area contributed by atoms with Crippen LogP contribution in [0.5, 0.6) is 0 Å². The normalized spacial score (nSPS) is 11.8. The number of hydrogen-bond acceptors (Lipinski definition) is 6. The largest absolute Gasteiger partial charge is 0.265 e. The molecule has 16 heavy (non-hydrogen) atoms. The average Bonchev–Trinajstić information content (AvgIpc) is 2.27. The third kappa shape index (κ3) is 3.89. The van der Waals surface area contributed by atoms with Crippen LogP contribution in [0, 0.1) is 0 Å². The van der Waals surface area contributed by atoms with Gasteiger partial charge in [0.05, 0.1) is 0 Å². The molecule has 0 amide bonds. The topological polar surface area (TPSA) is 34.1 Å². The van der Waals surface area contributed by atoms with Gasteiger partial charge < -0.3 is 0 Å².